The van der Waals surface area contributed by atoms with E-state index in [1.165, 1.54) is 12.6 Å². The number of likely N-dealkylation sites (N-methyl/N-ethyl adjacent to an activating group) is 1. The second-order valence-corrected chi connectivity index (χ2v) is 24.3. The maximum atomic E-state index is 13.2. The summed E-state index contributed by atoms with van der Waals surface area (Å²) in [5, 5.41) is 27.5. The number of aryl methyl sites for hydroxylation is 1. The van der Waals surface area contributed by atoms with Crippen LogP contribution in [0.25, 0.3) is 15.8 Å². The number of fused-ring (bicyclic) bond motifs is 1. The Kier molecular flexibility index (Phi) is 18.8. The number of carbonyl (C=O) groups excluding carboxylic acids is 1. The van der Waals surface area contributed by atoms with Crippen molar-refractivity contribution in [3.05, 3.63) is 77.4 Å². The highest BCUT2D eigenvalue weighted by Crippen LogP contribution is 2.71. The number of hydrogen-bond acceptors (Lipinski definition) is 15. The minimum absolute atomic E-state index is 0.00673. The quantitative estimate of drug-likeness (QED) is 0.0148. The fourth-order valence-corrected chi connectivity index (χ4v) is 13.9. The molecule has 0 aliphatic heterocycles. The number of rotatable bonds is 29. The Labute approximate surface area is 444 Å². The number of allylic oxidation sites excluding steroid dienone is 2. The SMILES string of the molecule is CC(=NCC12CC3(C)CC(C)(C1)CC(OCCN(C)C)(C3)C2)/C(=C\N)c1ccc(N(CCCCCN/C=C(\N)CCCCCCCCC(=O)I)c2cc(C)c(Nc3nc4ccccc4s3)nn2)nc1C(=O)O. The zero-order valence-electron chi connectivity index (χ0n) is 43.5. The summed E-state index contributed by atoms with van der Waals surface area (Å²) >= 11 is 3.42. The number of benzene rings is 1. The van der Waals surface area contributed by atoms with Gasteiger partial charge < -0.3 is 41.7 Å². The van der Waals surface area contributed by atoms with Gasteiger partial charge in [0.2, 0.25) is 0 Å². The van der Waals surface area contributed by atoms with Crippen LogP contribution in [-0.2, 0) is 9.53 Å². The summed E-state index contributed by atoms with van der Waals surface area (Å²) in [5.74, 6) is 0.427. The largest absolute Gasteiger partial charge is 0.476 e. The van der Waals surface area contributed by atoms with Crippen molar-refractivity contribution >= 4 is 87.8 Å². The second kappa shape index (κ2) is 24.5. The molecule has 4 aliphatic carbocycles. The minimum atomic E-state index is -1.16. The lowest BCUT2D eigenvalue weighted by atomic mass is 9.39. The van der Waals surface area contributed by atoms with Crippen LogP contribution in [-0.4, -0.2) is 98.1 Å². The molecule has 17 heteroatoms. The summed E-state index contributed by atoms with van der Waals surface area (Å²) in [5.41, 5.74) is 17.1. The molecule has 4 saturated carbocycles. The third kappa shape index (κ3) is 14.5. The molecule has 390 valence electrons. The number of nitrogens with zero attached hydrogens (tertiary/aromatic N) is 7. The number of pyridine rings is 1. The number of nitrogens with one attached hydrogen (secondary N) is 2. The normalized spacial score (nSPS) is 23.0. The van der Waals surface area contributed by atoms with Crippen LogP contribution >= 0.6 is 33.9 Å². The first-order chi connectivity index (χ1) is 34.4. The molecule has 1 aromatic carbocycles. The standard InChI is InChI=1S/C55H78IN11O4S/c1-38-28-47(64-65-49(38)63-51-61-43-19-14-15-20-44(43)72-51)67(25-17-11-16-24-59-30-40(58)18-12-9-7-8-10-13-21-45(56)68)46-23-22-41(48(62-46)50(69)70)42(29-57)39(2)60-37-54-32-52(3)31-53(4,33-54)35-55(34-52,36-54)71-27-26-66(5)6/h14-15,19-20,22-23,28-30,59H,7-13,16-18,21,24-27,31-37,57-58H2,1-6H3,(H,69,70)(H,61,63,65)/b40-30-,42-29+,60-39?. The van der Waals surface area contributed by atoms with Gasteiger partial charge >= 0.3 is 5.97 Å². The Bertz CT molecular complexity index is 2560. The molecule has 72 heavy (non-hydrogen) atoms. The smallest absolute Gasteiger partial charge is 0.355 e. The number of carboxylic acid groups (broad SMARTS) is 1. The third-order valence-electron chi connectivity index (χ3n) is 14.8. The predicted molar refractivity (Wildman–Crippen MR) is 302 cm³/mol. The Morgan fingerprint density at radius 2 is 1.60 bits per heavy atom. The van der Waals surface area contributed by atoms with Crippen molar-refractivity contribution < 1.29 is 19.4 Å². The first-order valence-corrected chi connectivity index (χ1v) is 27.9. The molecule has 2 unspecified atom stereocenters. The van der Waals surface area contributed by atoms with Gasteiger partial charge in [0.15, 0.2) is 26.3 Å². The Hall–Kier alpha value is -4.72. The van der Waals surface area contributed by atoms with Gasteiger partial charge in [0, 0.05) is 67.5 Å². The molecule has 3 heterocycles. The molecule has 2 atom stereocenters. The van der Waals surface area contributed by atoms with Gasteiger partial charge in [-0.3, -0.25) is 9.79 Å². The van der Waals surface area contributed by atoms with Crippen LogP contribution in [0.15, 0.2) is 65.6 Å². The Morgan fingerprint density at radius 1 is 0.889 bits per heavy atom. The van der Waals surface area contributed by atoms with Gasteiger partial charge in [0.1, 0.15) is 5.82 Å². The summed E-state index contributed by atoms with van der Waals surface area (Å²) in [6, 6.07) is 13.6. The fraction of sp³-hybridized carbons (Fsp3) is 0.582. The highest BCUT2D eigenvalue weighted by molar-refractivity contribution is 14.1. The summed E-state index contributed by atoms with van der Waals surface area (Å²) in [6.45, 7) is 12.3. The lowest BCUT2D eigenvalue weighted by Gasteiger charge is -2.69. The molecular weight excluding hydrogens is 1040 g/mol. The summed E-state index contributed by atoms with van der Waals surface area (Å²) in [6.07, 6.45) is 20.7. The number of halogens is 1. The van der Waals surface area contributed by atoms with Gasteiger partial charge in [0.25, 0.3) is 0 Å². The average molecular weight is 1120 g/mol. The van der Waals surface area contributed by atoms with Crippen molar-refractivity contribution in [2.45, 2.75) is 142 Å². The molecular formula is C55H78IN11O4S. The summed E-state index contributed by atoms with van der Waals surface area (Å²) in [7, 11) is 4.18. The van der Waals surface area contributed by atoms with Crippen molar-refractivity contribution in [3.8, 4) is 0 Å². The zero-order chi connectivity index (χ0) is 51.5. The lowest BCUT2D eigenvalue weighted by molar-refractivity contribution is -0.242. The Balaban J connectivity index is 1.04. The van der Waals surface area contributed by atoms with E-state index < -0.39 is 5.97 Å². The van der Waals surface area contributed by atoms with Crippen molar-refractivity contribution in [2.75, 3.05) is 57.1 Å². The van der Waals surface area contributed by atoms with E-state index in [1.54, 1.807) is 17.4 Å². The first-order valence-electron chi connectivity index (χ1n) is 26.0. The van der Waals surface area contributed by atoms with E-state index in [1.807, 2.05) is 83.9 Å². The summed E-state index contributed by atoms with van der Waals surface area (Å²) < 4.78 is 8.17. The van der Waals surface area contributed by atoms with Crippen molar-refractivity contribution in [3.63, 3.8) is 0 Å². The summed E-state index contributed by atoms with van der Waals surface area (Å²) in [4.78, 5) is 43.3. The molecule has 4 aromatic rings. The van der Waals surface area contributed by atoms with E-state index in [0.29, 0.717) is 53.8 Å². The fourth-order valence-electron chi connectivity index (χ4n) is 12.7. The van der Waals surface area contributed by atoms with Gasteiger partial charge in [-0.15, -0.1) is 10.2 Å². The average Bonchev–Trinajstić information content (AvgIpc) is 3.72. The molecule has 0 saturated heterocycles. The molecule has 3 aromatic heterocycles. The molecule has 15 nitrogen and oxygen atoms in total. The van der Waals surface area contributed by atoms with E-state index in [0.717, 1.165) is 143 Å². The van der Waals surface area contributed by atoms with Crippen LogP contribution in [0.1, 0.15) is 152 Å². The maximum Gasteiger partial charge on any atom is 0.355 e. The number of carboxylic acids is 1. The molecule has 8 rings (SSSR count). The number of aromatic carboxylic acids is 1. The molecule has 4 aliphatic rings. The number of unbranched alkanes of at least 4 members (excludes halogenated alkanes) is 7. The topological polar surface area (TPSA) is 210 Å². The van der Waals surface area contributed by atoms with Crippen LogP contribution in [0.5, 0.6) is 0 Å². The first kappa shape index (κ1) is 55.0. The second-order valence-electron chi connectivity index (χ2n) is 22.1. The number of nitrogens with two attached hydrogens (primary N) is 2. The molecule has 0 amide bonds. The lowest BCUT2D eigenvalue weighted by Crippen LogP contribution is -2.64. The van der Waals surface area contributed by atoms with Crippen LogP contribution in [0, 0.1) is 23.2 Å². The number of anilines is 4. The highest BCUT2D eigenvalue weighted by Gasteiger charge is 2.66. The Morgan fingerprint density at radius 3 is 2.28 bits per heavy atom. The van der Waals surface area contributed by atoms with Gasteiger partial charge in [-0.25, -0.2) is 14.8 Å². The number of para-hydroxylation sites is 1. The van der Waals surface area contributed by atoms with Crippen LogP contribution in [0.2, 0.25) is 0 Å². The van der Waals surface area contributed by atoms with Gasteiger partial charge in [-0.2, -0.15) is 0 Å². The maximum absolute atomic E-state index is 13.2. The zero-order valence-corrected chi connectivity index (χ0v) is 46.5. The van der Waals surface area contributed by atoms with E-state index in [9.17, 15) is 14.7 Å². The van der Waals surface area contributed by atoms with Gasteiger partial charge in [-0.1, -0.05) is 63.0 Å². The van der Waals surface area contributed by atoms with Crippen molar-refractivity contribution in [2.24, 2.45) is 32.7 Å². The number of aromatic nitrogens is 4. The number of ether oxygens (including phenoxy) is 1. The van der Waals surface area contributed by atoms with Crippen molar-refractivity contribution in [1.82, 2.24) is 30.4 Å². The van der Waals surface area contributed by atoms with Crippen molar-refractivity contribution in [1.29, 1.82) is 0 Å². The minimum Gasteiger partial charge on any atom is -0.476 e. The van der Waals surface area contributed by atoms with E-state index in [4.69, 9.17) is 31.2 Å². The molecule has 0 radical (unpaired) electrons. The van der Waals surface area contributed by atoms with Gasteiger partial charge in [0.05, 0.1) is 22.4 Å². The number of thiazole rings is 1. The predicted octanol–water partition coefficient (Wildman–Crippen LogP) is 11.5. The van der Waals surface area contributed by atoms with Crippen LogP contribution in [0.4, 0.5) is 22.6 Å². The monoisotopic (exact) mass is 1120 g/mol. The number of carbonyl (C=O) groups is 2. The van der Waals surface area contributed by atoms with E-state index in [2.05, 4.69) is 53.7 Å². The van der Waals surface area contributed by atoms with Crippen LogP contribution < -0.4 is 27.0 Å². The molecule has 0 spiro atoms. The van der Waals surface area contributed by atoms with E-state index in [-0.39, 0.29) is 31.3 Å². The van der Waals surface area contributed by atoms with Crippen LogP contribution in [0.3, 0.4) is 0 Å². The molecule has 4 bridgehead atoms. The molecule has 7 N–H and O–H groups in total. The third-order valence-corrected chi connectivity index (χ3v) is 16.3. The number of aliphatic imine (C=N–C) groups is 1. The number of hydrogen-bond donors (Lipinski definition) is 5. The highest BCUT2D eigenvalue weighted by atomic mass is 127. The van der Waals surface area contributed by atoms with E-state index >= 15 is 0 Å². The molecule has 4 fully saturated rings. The van der Waals surface area contributed by atoms with Gasteiger partial charge in [-0.05, 0) is 180 Å².